The number of hydrogen-bond acceptors (Lipinski definition) is 3. The summed E-state index contributed by atoms with van der Waals surface area (Å²) in [6.45, 7) is 3.81. The Bertz CT molecular complexity index is 390. The number of rotatable bonds is 8. The molecular formula is C13H22N2O5. The van der Waals surface area contributed by atoms with Crippen LogP contribution in [0.2, 0.25) is 0 Å². The van der Waals surface area contributed by atoms with Gasteiger partial charge in [0.05, 0.1) is 0 Å². The number of carbonyl (C=O) groups is 3. The Morgan fingerprint density at radius 3 is 2.30 bits per heavy atom. The summed E-state index contributed by atoms with van der Waals surface area (Å²) in [5, 5.41) is 22.7. The van der Waals surface area contributed by atoms with Gasteiger partial charge in [0.2, 0.25) is 0 Å². The lowest BCUT2D eigenvalue weighted by Gasteiger charge is -2.27. The van der Waals surface area contributed by atoms with E-state index in [0.29, 0.717) is 5.92 Å². The first-order valence-electron chi connectivity index (χ1n) is 6.75. The van der Waals surface area contributed by atoms with Crippen molar-refractivity contribution in [1.82, 2.24) is 10.6 Å². The third kappa shape index (κ3) is 5.46. The Hall–Kier alpha value is -1.79. The van der Waals surface area contributed by atoms with Crippen molar-refractivity contribution in [1.29, 1.82) is 0 Å². The molecular weight excluding hydrogens is 264 g/mol. The first kappa shape index (κ1) is 16.3. The van der Waals surface area contributed by atoms with Gasteiger partial charge < -0.3 is 20.8 Å². The summed E-state index contributed by atoms with van der Waals surface area (Å²) < 4.78 is 0. The van der Waals surface area contributed by atoms with Gasteiger partial charge in [-0.15, -0.1) is 0 Å². The normalized spacial score (nSPS) is 16.3. The largest absolute Gasteiger partial charge is 0.481 e. The summed E-state index contributed by atoms with van der Waals surface area (Å²) >= 11 is 0. The van der Waals surface area contributed by atoms with Crippen LogP contribution in [0.15, 0.2) is 0 Å². The van der Waals surface area contributed by atoms with Gasteiger partial charge in [-0.05, 0) is 45.4 Å². The molecule has 1 rings (SSSR count). The topological polar surface area (TPSA) is 116 Å². The van der Waals surface area contributed by atoms with Crippen molar-refractivity contribution in [3.8, 4) is 0 Å². The number of carboxylic acids is 2. The van der Waals surface area contributed by atoms with Crippen LogP contribution in [-0.2, 0) is 9.59 Å². The Labute approximate surface area is 117 Å². The van der Waals surface area contributed by atoms with Gasteiger partial charge in [0.15, 0.2) is 0 Å². The Morgan fingerprint density at radius 2 is 1.85 bits per heavy atom. The summed E-state index contributed by atoms with van der Waals surface area (Å²) in [6, 6.07) is -1.59. The van der Waals surface area contributed by atoms with Gasteiger partial charge in [0, 0.05) is 12.0 Å². The lowest BCUT2D eigenvalue weighted by molar-refractivity contribution is -0.140. The Kier molecular flexibility index (Phi) is 5.35. The van der Waals surface area contributed by atoms with E-state index >= 15 is 0 Å². The third-order valence-electron chi connectivity index (χ3n) is 3.52. The summed E-state index contributed by atoms with van der Waals surface area (Å²) in [7, 11) is 0. The monoisotopic (exact) mass is 286 g/mol. The molecule has 0 aliphatic heterocycles. The van der Waals surface area contributed by atoms with Gasteiger partial charge in [-0.25, -0.2) is 9.59 Å². The molecule has 0 saturated heterocycles. The second-order valence-electron chi connectivity index (χ2n) is 5.77. The lowest BCUT2D eigenvalue weighted by atomic mass is 9.99. The van der Waals surface area contributed by atoms with Crippen LogP contribution in [0.1, 0.15) is 46.0 Å². The van der Waals surface area contributed by atoms with E-state index in [1.165, 1.54) is 0 Å². The molecule has 1 fully saturated rings. The SMILES string of the molecule is CC(C)(NC(=O)N[C@H](CCCC(=O)O)C(=O)O)C1CC1. The molecule has 7 heteroatoms. The maximum absolute atomic E-state index is 11.8. The number of urea groups is 1. The fraction of sp³-hybridized carbons (Fsp3) is 0.769. The van der Waals surface area contributed by atoms with Gasteiger partial charge in [-0.2, -0.15) is 0 Å². The summed E-state index contributed by atoms with van der Waals surface area (Å²) in [6.07, 6.45) is 2.32. The zero-order valence-electron chi connectivity index (χ0n) is 11.8. The molecule has 0 bridgehead atoms. The van der Waals surface area contributed by atoms with E-state index in [9.17, 15) is 14.4 Å². The number of nitrogens with one attached hydrogen (secondary N) is 2. The quantitative estimate of drug-likeness (QED) is 0.535. The average molecular weight is 286 g/mol. The highest BCUT2D eigenvalue weighted by Crippen LogP contribution is 2.39. The number of aliphatic carboxylic acids is 2. The molecule has 0 radical (unpaired) electrons. The van der Waals surface area contributed by atoms with Crippen molar-refractivity contribution in [3.05, 3.63) is 0 Å². The molecule has 20 heavy (non-hydrogen) atoms. The second-order valence-corrected chi connectivity index (χ2v) is 5.77. The molecule has 4 N–H and O–H groups in total. The lowest BCUT2D eigenvalue weighted by Crippen LogP contribution is -2.53. The smallest absolute Gasteiger partial charge is 0.326 e. The minimum absolute atomic E-state index is 0.0961. The number of carboxylic acid groups (broad SMARTS) is 2. The number of carbonyl (C=O) groups excluding carboxylic acids is 1. The minimum atomic E-state index is -1.16. The Balaban J connectivity index is 2.41. The zero-order chi connectivity index (χ0) is 15.3. The average Bonchev–Trinajstić information content (AvgIpc) is 3.09. The second kappa shape index (κ2) is 6.58. The Morgan fingerprint density at radius 1 is 1.25 bits per heavy atom. The molecule has 7 nitrogen and oxygen atoms in total. The first-order chi connectivity index (χ1) is 9.22. The van der Waals surface area contributed by atoms with E-state index in [2.05, 4.69) is 10.6 Å². The summed E-state index contributed by atoms with van der Waals surface area (Å²) in [4.78, 5) is 33.2. The van der Waals surface area contributed by atoms with Crippen molar-refractivity contribution in [2.75, 3.05) is 0 Å². The van der Waals surface area contributed by atoms with Gasteiger partial charge in [-0.3, -0.25) is 4.79 Å². The molecule has 0 aromatic rings. The van der Waals surface area contributed by atoms with E-state index in [4.69, 9.17) is 10.2 Å². The van der Waals surface area contributed by atoms with Gasteiger partial charge in [0.1, 0.15) is 6.04 Å². The number of hydrogen-bond donors (Lipinski definition) is 4. The van der Waals surface area contributed by atoms with Crippen molar-refractivity contribution in [2.24, 2.45) is 5.92 Å². The molecule has 0 aromatic heterocycles. The molecule has 0 heterocycles. The fourth-order valence-electron chi connectivity index (χ4n) is 2.11. The minimum Gasteiger partial charge on any atom is -0.481 e. The van der Waals surface area contributed by atoms with Crippen molar-refractivity contribution in [2.45, 2.75) is 57.5 Å². The fourth-order valence-corrected chi connectivity index (χ4v) is 2.11. The number of amides is 2. The van der Waals surface area contributed by atoms with Crippen molar-refractivity contribution < 1.29 is 24.6 Å². The molecule has 1 atom stereocenters. The van der Waals surface area contributed by atoms with Crippen LogP contribution in [0, 0.1) is 5.92 Å². The third-order valence-corrected chi connectivity index (χ3v) is 3.52. The predicted octanol–water partition coefficient (Wildman–Crippen LogP) is 1.18. The molecule has 1 saturated carbocycles. The van der Waals surface area contributed by atoms with Gasteiger partial charge in [-0.1, -0.05) is 0 Å². The first-order valence-corrected chi connectivity index (χ1v) is 6.75. The van der Waals surface area contributed by atoms with Crippen LogP contribution in [0.5, 0.6) is 0 Å². The molecule has 1 aliphatic rings. The van der Waals surface area contributed by atoms with Crippen LogP contribution in [0.3, 0.4) is 0 Å². The van der Waals surface area contributed by atoms with Crippen LogP contribution >= 0.6 is 0 Å². The molecule has 0 unspecified atom stereocenters. The van der Waals surface area contributed by atoms with Crippen LogP contribution < -0.4 is 10.6 Å². The van der Waals surface area contributed by atoms with E-state index in [-0.39, 0.29) is 24.8 Å². The van der Waals surface area contributed by atoms with Gasteiger partial charge >= 0.3 is 18.0 Å². The molecule has 1 aliphatic carbocycles. The zero-order valence-corrected chi connectivity index (χ0v) is 11.8. The van der Waals surface area contributed by atoms with Crippen LogP contribution in [0.25, 0.3) is 0 Å². The maximum atomic E-state index is 11.8. The standard InChI is InChI=1S/C13H22N2O5/c1-13(2,8-6-7-8)15-12(20)14-9(11(18)19)4-3-5-10(16)17/h8-9H,3-7H2,1-2H3,(H,16,17)(H,18,19)(H2,14,15,20)/t9-/m1/s1. The predicted molar refractivity (Wildman–Crippen MR) is 71.4 cm³/mol. The molecule has 0 spiro atoms. The van der Waals surface area contributed by atoms with E-state index in [1.807, 2.05) is 13.8 Å². The molecule has 114 valence electrons. The molecule has 0 aromatic carbocycles. The van der Waals surface area contributed by atoms with Gasteiger partial charge in [0.25, 0.3) is 0 Å². The maximum Gasteiger partial charge on any atom is 0.326 e. The summed E-state index contributed by atoms with van der Waals surface area (Å²) in [5.74, 6) is -1.70. The van der Waals surface area contributed by atoms with E-state index in [1.54, 1.807) is 0 Å². The van der Waals surface area contributed by atoms with Crippen LogP contribution in [-0.4, -0.2) is 39.8 Å². The molecule has 2 amide bonds. The van der Waals surface area contributed by atoms with Crippen molar-refractivity contribution in [3.63, 3.8) is 0 Å². The highest BCUT2D eigenvalue weighted by atomic mass is 16.4. The highest BCUT2D eigenvalue weighted by molar-refractivity contribution is 5.82. The van der Waals surface area contributed by atoms with Crippen molar-refractivity contribution >= 4 is 18.0 Å². The van der Waals surface area contributed by atoms with Crippen LogP contribution in [0.4, 0.5) is 4.79 Å². The van der Waals surface area contributed by atoms with E-state index < -0.39 is 24.0 Å². The highest BCUT2D eigenvalue weighted by Gasteiger charge is 2.39. The van der Waals surface area contributed by atoms with E-state index in [0.717, 1.165) is 12.8 Å². The summed E-state index contributed by atoms with van der Waals surface area (Å²) in [5.41, 5.74) is -0.353.